The van der Waals surface area contributed by atoms with E-state index < -0.39 is 0 Å². The predicted molar refractivity (Wildman–Crippen MR) is 98.8 cm³/mol. The highest BCUT2D eigenvalue weighted by molar-refractivity contribution is 7.09. The first-order valence-electron chi connectivity index (χ1n) is 9.01. The lowest BCUT2D eigenvalue weighted by Crippen LogP contribution is -2.46. The molecular weight excluding hydrogens is 353 g/mol. The molecule has 2 aliphatic rings. The first kappa shape index (κ1) is 17.4. The molecule has 0 radical (unpaired) electrons. The Kier molecular flexibility index (Phi) is 4.91. The van der Waals surface area contributed by atoms with Crippen LogP contribution < -0.4 is 4.90 Å². The van der Waals surface area contributed by atoms with E-state index in [9.17, 15) is 9.18 Å². The van der Waals surface area contributed by atoms with Crippen LogP contribution in [-0.2, 0) is 24.2 Å². The molecule has 0 aliphatic carbocycles. The molecule has 1 N–H and O–H groups in total. The molecule has 5 nitrogen and oxygen atoms in total. The van der Waals surface area contributed by atoms with Crippen LogP contribution in [-0.4, -0.2) is 46.6 Å². The molecule has 2 aliphatic heterocycles. The van der Waals surface area contributed by atoms with Gasteiger partial charge in [-0.3, -0.25) is 4.79 Å². The van der Waals surface area contributed by atoms with E-state index in [4.69, 9.17) is 5.11 Å². The molecular formula is C19H22FN3O2S. The maximum atomic E-state index is 13.6. The number of likely N-dealkylation sites (tertiary alicyclic amines) is 1. The Morgan fingerprint density at radius 3 is 2.85 bits per heavy atom. The van der Waals surface area contributed by atoms with Crippen molar-refractivity contribution >= 4 is 22.9 Å². The lowest BCUT2D eigenvalue weighted by atomic mass is 10.0. The Labute approximate surface area is 156 Å². The maximum Gasteiger partial charge on any atom is 0.229 e. The fourth-order valence-electron chi connectivity index (χ4n) is 3.93. The number of anilines is 1. The summed E-state index contributed by atoms with van der Waals surface area (Å²) in [5, 5.41) is 11.6. The summed E-state index contributed by atoms with van der Waals surface area (Å²) in [7, 11) is 0. The van der Waals surface area contributed by atoms with Crippen LogP contribution >= 0.6 is 11.3 Å². The van der Waals surface area contributed by atoms with Gasteiger partial charge >= 0.3 is 0 Å². The van der Waals surface area contributed by atoms with E-state index in [2.05, 4.69) is 9.88 Å². The summed E-state index contributed by atoms with van der Waals surface area (Å²) in [5.41, 5.74) is 2.86. The van der Waals surface area contributed by atoms with Crippen LogP contribution in [0.1, 0.15) is 29.1 Å². The Bertz CT molecular complexity index is 802. The highest BCUT2D eigenvalue weighted by Crippen LogP contribution is 2.33. The molecule has 2 aromatic rings. The van der Waals surface area contributed by atoms with E-state index in [1.165, 1.54) is 23.0 Å². The molecule has 138 valence electrons. The van der Waals surface area contributed by atoms with Gasteiger partial charge in [-0.15, -0.1) is 11.3 Å². The fraction of sp³-hybridized carbons (Fsp3) is 0.474. The van der Waals surface area contributed by atoms with Gasteiger partial charge in [0, 0.05) is 36.7 Å². The Morgan fingerprint density at radius 2 is 2.12 bits per heavy atom. The van der Waals surface area contributed by atoms with Crippen LogP contribution in [0, 0.1) is 5.82 Å². The number of benzene rings is 1. The molecule has 26 heavy (non-hydrogen) atoms. The van der Waals surface area contributed by atoms with Crippen molar-refractivity contribution in [2.24, 2.45) is 0 Å². The summed E-state index contributed by atoms with van der Waals surface area (Å²) in [5.74, 6) is -0.0934. The topological polar surface area (TPSA) is 56.7 Å². The van der Waals surface area contributed by atoms with Gasteiger partial charge in [0.25, 0.3) is 0 Å². The van der Waals surface area contributed by atoms with Gasteiger partial charge in [0.1, 0.15) is 10.8 Å². The van der Waals surface area contributed by atoms with Crippen molar-refractivity contribution in [3.63, 3.8) is 0 Å². The van der Waals surface area contributed by atoms with Gasteiger partial charge in [-0.2, -0.15) is 0 Å². The minimum absolute atomic E-state index is 0.0893. The number of amides is 1. The summed E-state index contributed by atoms with van der Waals surface area (Å²) in [6.07, 6.45) is 3.07. The Morgan fingerprint density at radius 1 is 1.31 bits per heavy atom. The maximum absolute atomic E-state index is 13.6. The zero-order chi connectivity index (χ0) is 18.1. The first-order valence-corrected chi connectivity index (χ1v) is 9.89. The number of carbonyl (C=O) groups excluding carboxylic acids is 1. The van der Waals surface area contributed by atoms with Crippen molar-refractivity contribution in [2.75, 3.05) is 24.5 Å². The zero-order valence-electron chi connectivity index (χ0n) is 14.5. The number of nitrogens with zero attached hydrogens (tertiary/aromatic N) is 3. The Hall–Kier alpha value is -1.99. The summed E-state index contributed by atoms with van der Waals surface area (Å²) >= 11 is 1.42. The van der Waals surface area contributed by atoms with Crippen molar-refractivity contribution in [1.29, 1.82) is 0 Å². The van der Waals surface area contributed by atoms with Crippen molar-refractivity contribution in [1.82, 2.24) is 9.88 Å². The lowest BCUT2D eigenvalue weighted by Gasteiger charge is -2.38. The van der Waals surface area contributed by atoms with E-state index in [0.717, 1.165) is 49.6 Å². The van der Waals surface area contributed by atoms with Crippen molar-refractivity contribution in [2.45, 2.75) is 38.3 Å². The van der Waals surface area contributed by atoms with Crippen LogP contribution in [0.15, 0.2) is 23.6 Å². The average Bonchev–Trinajstić information content (AvgIpc) is 3.28. The second-order valence-electron chi connectivity index (χ2n) is 6.90. The van der Waals surface area contributed by atoms with Crippen molar-refractivity contribution < 1.29 is 14.3 Å². The summed E-state index contributed by atoms with van der Waals surface area (Å²) in [6.45, 7) is 2.29. The van der Waals surface area contributed by atoms with Gasteiger partial charge in [-0.05, 0) is 37.0 Å². The molecule has 0 saturated carbocycles. The molecule has 0 bridgehead atoms. The van der Waals surface area contributed by atoms with Crippen LogP contribution in [0.3, 0.4) is 0 Å². The molecule has 0 atom stereocenters. The van der Waals surface area contributed by atoms with E-state index in [1.54, 1.807) is 11.4 Å². The number of aromatic nitrogens is 1. The number of halogens is 1. The van der Waals surface area contributed by atoms with Gasteiger partial charge < -0.3 is 14.9 Å². The van der Waals surface area contributed by atoms with Gasteiger partial charge in [-0.25, -0.2) is 9.37 Å². The lowest BCUT2D eigenvalue weighted by molar-refractivity contribution is -0.131. The Balaban J connectivity index is 1.34. The van der Waals surface area contributed by atoms with E-state index in [-0.39, 0.29) is 18.3 Å². The average molecular weight is 375 g/mol. The van der Waals surface area contributed by atoms with Crippen LogP contribution in [0.2, 0.25) is 0 Å². The quantitative estimate of drug-likeness (QED) is 0.891. The minimum Gasteiger partial charge on any atom is -0.390 e. The largest absolute Gasteiger partial charge is 0.390 e. The van der Waals surface area contributed by atoms with Crippen molar-refractivity contribution in [3.05, 3.63) is 45.7 Å². The summed E-state index contributed by atoms with van der Waals surface area (Å²) < 4.78 is 13.6. The van der Waals surface area contributed by atoms with Crippen LogP contribution in [0.25, 0.3) is 0 Å². The third-order valence-electron chi connectivity index (χ3n) is 5.30. The van der Waals surface area contributed by atoms with E-state index >= 15 is 0 Å². The van der Waals surface area contributed by atoms with Crippen molar-refractivity contribution in [3.8, 4) is 0 Å². The zero-order valence-corrected chi connectivity index (χ0v) is 15.3. The molecule has 0 spiro atoms. The molecule has 1 amide bonds. The first-order chi connectivity index (χ1) is 12.6. The monoisotopic (exact) mass is 375 g/mol. The smallest absolute Gasteiger partial charge is 0.229 e. The number of fused-ring (bicyclic) bond motifs is 1. The summed E-state index contributed by atoms with van der Waals surface area (Å²) in [6, 6.07) is 5.42. The predicted octanol–water partition coefficient (Wildman–Crippen LogP) is 2.37. The SMILES string of the molecule is O=C(Cc1nc(CO)cs1)N1CCC(N2CCc3ccc(F)cc32)CC1. The molecule has 4 rings (SSSR count). The van der Waals surface area contributed by atoms with Crippen LogP contribution in [0.5, 0.6) is 0 Å². The summed E-state index contributed by atoms with van der Waals surface area (Å²) in [4.78, 5) is 21.0. The van der Waals surface area contributed by atoms with Gasteiger partial charge in [-0.1, -0.05) is 6.07 Å². The molecule has 3 heterocycles. The molecule has 7 heteroatoms. The van der Waals surface area contributed by atoms with Gasteiger partial charge in [0.2, 0.25) is 5.91 Å². The van der Waals surface area contributed by atoms with Gasteiger partial charge in [0.15, 0.2) is 0 Å². The highest BCUT2D eigenvalue weighted by Gasteiger charge is 2.31. The third kappa shape index (κ3) is 3.46. The van der Waals surface area contributed by atoms with Crippen LogP contribution in [0.4, 0.5) is 10.1 Å². The number of carbonyl (C=O) groups is 1. The molecule has 1 fully saturated rings. The normalized spacial score (nSPS) is 17.6. The molecule has 1 aromatic carbocycles. The number of rotatable bonds is 4. The highest BCUT2D eigenvalue weighted by atomic mass is 32.1. The van der Waals surface area contributed by atoms with E-state index in [1.807, 2.05) is 11.0 Å². The minimum atomic E-state index is -0.186. The second-order valence-corrected chi connectivity index (χ2v) is 7.84. The number of thiazole rings is 1. The number of piperidine rings is 1. The second kappa shape index (κ2) is 7.32. The molecule has 1 saturated heterocycles. The number of aliphatic hydroxyl groups excluding tert-OH is 1. The molecule has 0 unspecified atom stereocenters. The van der Waals surface area contributed by atoms with Gasteiger partial charge in [0.05, 0.1) is 18.7 Å². The van der Waals surface area contributed by atoms with E-state index in [0.29, 0.717) is 18.2 Å². The number of hydrogen-bond acceptors (Lipinski definition) is 5. The number of hydrogen-bond donors (Lipinski definition) is 1. The standard InChI is InChI=1S/C19H22FN3O2S/c20-14-2-1-13-3-8-23(17(13)9-14)16-4-6-22(7-5-16)19(25)10-18-21-15(11-24)12-26-18/h1-2,9,12,16,24H,3-8,10-11H2. The fourth-order valence-corrected chi connectivity index (χ4v) is 4.70. The molecule has 1 aromatic heterocycles. The number of aliphatic hydroxyl groups is 1. The third-order valence-corrected chi connectivity index (χ3v) is 6.20.